The first kappa shape index (κ1) is 29.7. The van der Waals surface area contributed by atoms with Crippen molar-refractivity contribution in [3.63, 3.8) is 0 Å². The Bertz CT molecular complexity index is 1410. The fourth-order valence-corrected chi connectivity index (χ4v) is 5.27. The van der Waals surface area contributed by atoms with Crippen LogP contribution < -0.4 is 25.6 Å². The van der Waals surface area contributed by atoms with Crippen LogP contribution in [0.5, 0.6) is 5.75 Å². The molecule has 0 spiro atoms. The molecule has 1 aliphatic rings. The molecule has 0 aliphatic carbocycles. The molecule has 3 atom stereocenters. The number of ketones is 1. The molecule has 9 nitrogen and oxygen atoms in total. The Morgan fingerprint density at radius 2 is 1.95 bits per heavy atom. The molecule has 0 radical (unpaired) electrons. The number of amides is 1. The lowest BCUT2D eigenvalue weighted by molar-refractivity contribution is -0.131. The molecule has 40 heavy (non-hydrogen) atoms. The first-order valence-corrected chi connectivity index (χ1v) is 14.1. The van der Waals surface area contributed by atoms with Crippen molar-refractivity contribution in [2.24, 2.45) is 5.41 Å². The highest BCUT2D eigenvalue weighted by Gasteiger charge is 2.42. The van der Waals surface area contributed by atoms with E-state index in [1.807, 2.05) is 31.7 Å². The van der Waals surface area contributed by atoms with E-state index in [4.69, 9.17) is 4.74 Å². The van der Waals surface area contributed by atoms with Crippen LogP contribution in [-0.4, -0.2) is 60.5 Å². The minimum Gasteiger partial charge on any atom is -0.495 e. The molecule has 0 saturated carbocycles. The molecule has 3 aromatic rings. The summed E-state index contributed by atoms with van der Waals surface area (Å²) in [5, 5.41) is 9.65. The lowest BCUT2D eigenvalue weighted by Crippen LogP contribution is -2.57. The number of ether oxygens (including phenoxy) is 1. The number of hydrogen-bond donors (Lipinski definition) is 3. The largest absolute Gasteiger partial charge is 0.495 e. The topological polar surface area (TPSA) is 108 Å². The molecule has 2 heterocycles. The second-order valence-electron chi connectivity index (χ2n) is 11.1. The smallest absolute Gasteiger partial charge is 0.237 e. The summed E-state index contributed by atoms with van der Waals surface area (Å²) in [5.74, 6) is 0.285. The number of nitrogens with zero attached hydrogens (tertiary/aromatic N) is 3. The summed E-state index contributed by atoms with van der Waals surface area (Å²) >= 11 is 3.28. The Morgan fingerprint density at radius 3 is 2.60 bits per heavy atom. The van der Waals surface area contributed by atoms with E-state index in [-0.39, 0.29) is 17.4 Å². The van der Waals surface area contributed by atoms with Gasteiger partial charge >= 0.3 is 0 Å². The number of hydrogen-bond acceptors (Lipinski definition) is 8. The summed E-state index contributed by atoms with van der Waals surface area (Å²) in [6, 6.07) is 6.84. The standard InChI is InChI=1S/C29H36BrFN6O3/c1-16(32-5)28(39)36-26(29(2,3)4)25(38)22-8-7-11-37(22)23-13-18-21(14-24(23)40-6)33-15-34-27(18)35-20-10-9-17(30)12-19(20)31/h9-10,12-16,22,26,32H,7-8,11H2,1-6H3,(H,36,39)(H,33,34,35)/t16-,22-,26+/m0/s1. The van der Waals surface area contributed by atoms with E-state index in [0.717, 1.165) is 6.42 Å². The number of carbonyl (C=O) groups is 2. The lowest BCUT2D eigenvalue weighted by Gasteiger charge is -2.36. The lowest BCUT2D eigenvalue weighted by atomic mass is 9.81. The molecule has 0 bridgehead atoms. The van der Waals surface area contributed by atoms with Gasteiger partial charge in [0.05, 0.1) is 42.1 Å². The number of Topliss-reactive ketones (excluding diaryl/α,β-unsaturated/α-hetero) is 1. The van der Waals surface area contributed by atoms with E-state index in [0.29, 0.717) is 45.6 Å². The maximum absolute atomic E-state index is 14.6. The summed E-state index contributed by atoms with van der Waals surface area (Å²) in [7, 11) is 3.28. The zero-order chi connectivity index (χ0) is 29.2. The Kier molecular flexibility index (Phi) is 8.94. The quantitative estimate of drug-likeness (QED) is 0.310. The van der Waals surface area contributed by atoms with Crippen molar-refractivity contribution in [2.45, 2.75) is 58.7 Å². The Morgan fingerprint density at radius 1 is 1.20 bits per heavy atom. The van der Waals surface area contributed by atoms with Crippen LogP contribution in [0.15, 0.2) is 41.1 Å². The zero-order valence-electron chi connectivity index (χ0n) is 23.6. The Labute approximate surface area is 242 Å². The molecule has 1 aromatic heterocycles. The zero-order valence-corrected chi connectivity index (χ0v) is 25.2. The van der Waals surface area contributed by atoms with Crippen LogP contribution in [0.4, 0.5) is 21.6 Å². The minimum absolute atomic E-state index is 0.0524. The fourth-order valence-electron chi connectivity index (χ4n) is 4.93. The molecule has 214 valence electrons. The number of benzene rings is 2. The summed E-state index contributed by atoms with van der Waals surface area (Å²) in [6.07, 6.45) is 2.85. The molecule has 1 saturated heterocycles. The maximum atomic E-state index is 14.6. The summed E-state index contributed by atoms with van der Waals surface area (Å²) in [6.45, 7) is 8.24. The van der Waals surface area contributed by atoms with Crippen LogP contribution in [0.25, 0.3) is 10.9 Å². The van der Waals surface area contributed by atoms with E-state index in [2.05, 4.69) is 41.8 Å². The second kappa shape index (κ2) is 12.1. The average Bonchev–Trinajstić information content (AvgIpc) is 3.41. The fraction of sp³-hybridized carbons (Fsp3) is 0.448. The number of methoxy groups -OCH3 is 1. The SMILES string of the molecule is CN[C@@H](C)C(=O)N[C@H](C(=O)[C@@H]1CCCN1c1cc2c(Nc3ccc(Br)cc3F)ncnc2cc1OC)C(C)(C)C. The molecule has 2 aromatic carbocycles. The van der Waals surface area contributed by atoms with Crippen molar-refractivity contribution in [1.29, 1.82) is 0 Å². The molecule has 3 N–H and O–H groups in total. The van der Waals surface area contributed by atoms with Gasteiger partial charge in [0, 0.05) is 22.5 Å². The van der Waals surface area contributed by atoms with Crippen molar-refractivity contribution in [1.82, 2.24) is 20.6 Å². The van der Waals surface area contributed by atoms with Gasteiger partial charge in [-0.05, 0) is 56.5 Å². The predicted molar refractivity (Wildman–Crippen MR) is 159 cm³/mol. The summed E-state index contributed by atoms with van der Waals surface area (Å²) < 4.78 is 21.0. The number of halogens is 2. The van der Waals surface area contributed by atoms with Crippen LogP contribution in [-0.2, 0) is 9.59 Å². The van der Waals surface area contributed by atoms with Crippen LogP contribution in [0.2, 0.25) is 0 Å². The third-order valence-corrected chi connectivity index (χ3v) is 7.77. The van der Waals surface area contributed by atoms with Crippen LogP contribution in [0.1, 0.15) is 40.5 Å². The third-order valence-electron chi connectivity index (χ3n) is 7.27. The second-order valence-corrected chi connectivity index (χ2v) is 12.0. The summed E-state index contributed by atoms with van der Waals surface area (Å²) in [5.41, 5.74) is 1.09. The molecule has 1 amide bonds. The van der Waals surface area contributed by atoms with Gasteiger partial charge < -0.3 is 25.6 Å². The maximum Gasteiger partial charge on any atom is 0.237 e. The number of nitrogens with one attached hydrogen (secondary N) is 3. The van der Waals surface area contributed by atoms with Gasteiger partial charge in [0.15, 0.2) is 5.78 Å². The van der Waals surface area contributed by atoms with E-state index >= 15 is 0 Å². The first-order valence-electron chi connectivity index (χ1n) is 13.3. The Hall–Kier alpha value is -3.31. The number of likely N-dealkylation sites (N-methyl/N-ethyl adjacent to an activating group) is 1. The van der Waals surface area contributed by atoms with Crippen molar-refractivity contribution in [2.75, 3.05) is 30.9 Å². The van der Waals surface area contributed by atoms with Gasteiger partial charge in [-0.15, -0.1) is 0 Å². The molecule has 1 aliphatic heterocycles. The molecule has 0 unspecified atom stereocenters. The van der Waals surface area contributed by atoms with E-state index in [1.54, 1.807) is 39.3 Å². The van der Waals surface area contributed by atoms with Gasteiger partial charge in [0.2, 0.25) is 5.91 Å². The molecule has 1 fully saturated rings. The van der Waals surface area contributed by atoms with Gasteiger partial charge in [0.1, 0.15) is 23.7 Å². The molecule has 11 heteroatoms. The normalized spacial score (nSPS) is 17.0. The van der Waals surface area contributed by atoms with Crippen LogP contribution >= 0.6 is 15.9 Å². The molecule has 4 rings (SSSR count). The van der Waals surface area contributed by atoms with Crippen molar-refractivity contribution < 1.29 is 18.7 Å². The van der Waals surface area contributed by atoms with Crippen molar-refractivity contribution in [3.05, 3.63) is 46.9 Å². The van der Waals surface area contributed by atoms with Crippen LogP contribution in [0.3, 0.4) is 0 Å². The van der Waals surface area contributed by atoms with Crippen molar-refractivity contribution in [3.8, 4) is 5.75 Å². The van der Waals surface area contributed by atoms with Gasteiger partial charge in [-0.1, -0.05) is 36.7 Å². The van der Waals surface area contributed by atoms with Gasteiger partial charge in [-0.25, -0.2) is 14.4 Å². The number of rotatable bonds is 9. The van der Waals surface area contributed by atoms with E-state index in [1.165, 1.54) is 12.4 Å². The van der Waals surface area contributed by atoms with Crippen molar-refractivity contribution >= 4 is 55.7 Å². The van der Waals surface area contributed by atoms with E-state index in [9.17, 15) is 14.0 Å². The average molecular weight is 616 g/mol. The highest BCUT2D eigenvalue weighted by Crippen LogP contribution is 2.40. The third kappa shape index (κ3) is 6.20. The number of carbonyl (C=O) groups excluding carboxylic acids is 2. The molecular formula is C29H36BrFN6O3. The van der Waals surface area contributed by atoms with Gasteiger partial charge in [-0.2, -0.15) is 0 Å². The van der Waals surface area contributed by atoms with Gasteiger partial charge in [-0.3, -0.25) is 9.59 Å². The molecular weight excluding hydrogens is 579 g/mol. The van der Waals surface area contributed by atoms with Gasteiger partial charge in [0.25, 0.3) is 0 Å². The van der Waals surface area contributed by atoms with Crippen LogP contribution in [0, 0.1) is 11.2 Å². The minimum atomic E-state index is -0.686. The summed E-state index contributed by atoms with van der Waals surface area (Å²) in [4.78, 5) is 37.6. The highest BCUT2D eigenvalue weighted by atomic mass is 79.9. The number of fused-ring (bicyclic) bond motifs is 1. The predicted octanol–water partition coefficient (Wildman–Crippen LogP) is 4.96. The monoisotopic (exact) mass is 614 g/mol. The highest BCUT2D eigenvalue weighted by molar-refractivity contribution is 9.10. The first-order chi connectivity index (χ1) is 18.9. The van der Waals surface area contributed by atoms with E-state index < -0.39 is 29.4 Å². The Balaban J connectivity index is 1.73. The number of anilines is 3. The number of aromatic nitrogens is 2.